The minimum Gasteiger partial charge on any atom is -0.473 e. The number of benzene rings is 1. The van der Waals surface area contributed by atoms with Crippen LogP contribution in [0.5, 0.6) is 0 Å². The zero-order chi connectivity index (χ0) is 27.4. The van der Waals surface area contributed by atoms with Gasteiger partial charge < -0.3 is 29.7 Å². The number of halogens is 1. The van der Waals surface area contributed by atoms with E-state index in [4.69, 9.17) is 19.9 Å². The Balaban J connectivity index is 1.37. The SMILES string of the molecule is C=C1/C(=C(\N=CN)OC2C3COCC34CN(C(=O)OC(C)C)CC24)CCN1c1ccc(S(C)(=O)=O)cc1F. The molecule has 38 heavy (non-hydrogen) atoms. The number of nitrogens with two attached hydrogens (primary N) is 1. The number of anilines is 1. The van der Waals surface area contributed by atoms with E-state index in [0.29, 0.717) is 56.4 Å². The second kappa shape index (κ2) is 9.57. The molecule has 10 nitrogen and oxygen atoms in total. The van der Waals surface area contributed by atoms with E-state index in [1.165, 1.54) is 12.1 Å². The molecule has 3 heterocycles. The summed E-state index contributed by atoms with van der Waals surface area (Å²) in [7, 11) is -3.54. The third-order valence-corrected chi connectivity index (χ3v) is 9.14. The van der Waals surface area contributed by atoms with Crippen molar-refractivity contribution >= 4 is 28.0 Å². The standard InChI is InChI=1S/C26H33FN4O6S/c1-15(2)36-25(32)30-10-19-23(20-11-35-13-26(19,20)12-30)37-24(29-14-28)18-7-8-31(16(18)3)22-6-5-17(9-21(22)27)38(4,33)34/h5-6,9,14-15,19-20,23H,3,7-8,10-13H2,1-2,4H3,(H2,28,29)/b24-18+. The van der Waals surface area contributed by atoms with Gasteiger partial charge in [-0.25, -0.2) is 22.6 Å². The Morgan fingerprint density at radius 3 is 2.79 bits per heavy atom. The van der Waals surface area contributed by atoms with Gasteiger partial charge in [-0.05, 0) is 38.5 Å². The highest BCUT2D eigenvalue weighted by Gasteiger charge is 2.70. The van der Waals surface area contributed by atoms with E-state index >= 15 is 0 Å². The van der Waals surface area contributed by atoms with E-state index in [9.17, 15) is 17.6 Å². The van der Waals surface area contributed by atoms with Gasteiger partial charge in [0.05, 0.1) is 36.2 Å². The number of amides is 1. The van der Waals surface area contributed by atoms with Crippen molar-refractivity contribution < 1.29 is 31.8 Å². The molecule has 1 aliphatic carbocycles. The van der Waals surface area contributed by atoms with Gasteiger partial charge in [0.2, 0.25) is 5.88 Å². The summed E-state index contributed by atoms with van der Waals surface area (Å²) < 4.78 is 56.3. The molecule has 4 atom stereocenters. The molecule has 3 aliphatic heterocycles. The van der Waals surface area contributed by atoms with E-state index < -0.39 is 15.7 Å². The maximum Gasteiger partial charge on any atom is 0.410 e. The van der Waals surface area contributed by atoms with Crippen LogP contribution in [0.15, 0.2) is 51.8 Å². The van der Waals surface area contributed by atoms with E-state index in [1.54, 1.807) is 9.80 Å². The van der Waals surface area contributed by atoms with Crippen molar-refractivity contribution in [3.8, 4) is 0 Å². The number of rotatable bonds is 6. The molecule has 1 spiro atoms. The molecule has 4 aliphatic rings. The molecule has 4 fully saturated rings. The van der Waals surface area contributed by atoms with Crippen molar-refractivity contribution in [1.29, 1.82) is 0 Å². The Hall–Kier alpha value is -3.12. The zero-order valence-electron chi connectivity index (χ0n) is 21.7. The van der Waals surface area contributed by atoms with Crippen LogP contribution in [0.1, 0.15) is 20.3 Å². The first-order valence-electron chi connectivity index (χ1n) is 12.6. The van der Waals surface area contributed by atoms with Gasteiger partial charge in [0.25, 0.3) is 0 Å². The highest BCUT2D eigenvalue weighted by atomic mass is 32.2. The molecule has 206 valence electrons. The maximum absolute atomic E-state index is 14.9. The van der Waals surface area contributed by atoms with Crippen molar-refractivity contribution in [1.82, 2.24) is 4.90 Å². The summed E-state index contributed by atoms with van der Waals surface area (Å²) in [5, 5.41) is 0. The van der Waals surface area contributed by atoms with Crippen molar-refractivity contribution in [2.24, 2.45) is 28.0 Å². The third kappa shape index (κ3) is 4.33. The largest absolute Gasteiger partial charge is 0.473 e. The molecule has 1 saturated carbocycles. The number of hydrogen-bond donors (Lipinski definition) is 1. The average Bonchev–Trinajstić information content (AvgIpc) is 3.50. The topological polar surface area (TPSA) is 124 Å². The van der Waals surface area contributed by atoms with Crippen molar-refractivity contribution in [2.75, 3.05) is 44.0 Å². The van der Waals surface area contributed by atoms with Gasteiger partial charge in [0.15, 0.2) is 9.84 Å². The Labute approximate surface area is 221 Å². The lowest BCUT2D eigenvalue weighted by atomic mass is 9.54. The summed E-state index contributed by atoms with van der Waals surface area (Å²) in [5.74, 6) is -0.224. The van der Waals surface area contributed by atoms with Crippen molar-refractivity contribution in [2.45, 2.75) is 37.4 Å². The van der Waals surface area contributed by atoms with Crippen molar-refractivity contribution in [3.05, 3.63) is 47.7 Å². The van der Waals surface area contributed by atoms with Crippen LogP contribution in [0, 0.1) is 23.1 Å². The Kier molecular flexibility index (Phi) is 6.67. The average molecular weight is 549 g/mol. The van der Waals surface area contributed by atoms with E-state index in [0.717, 1.165) is 18.7 Å². The summed E-state index contributed by atoms with van der Waals surface area (Å²) in [6.45, 7) is 10.3. The number of ether oxygens (including phenoxy) is 3. The monoisotopic (exact) mass is 548 g/mol. The minimum atomic E-state index is -3.54. The smallest absolute Gasteiger partial charge is 0.410 e. The first kappa shape index (κ1) is 26.5. The first-order valence-corrected chi connectivity index (χ1v) is 14.5. The summed E-state index contributed by atoms with van der Waals surface area (Å²) in [4.78, 5) is 20.2. The summed E-state index contributed by atoms with van der Waals surface area (Å²) in [5.41, 5.74) is 6.89. The zero-order valence-corrected chi connectivity index (χ0v) is 22.5. The molecule has 2 N–H and O–H groups in total. The fraction of sp³-hybridized carbons (Fsp3) is 0.538. The molecule has 5 rings (SSSR count). The van der Waals surface area contributed by atoms with Gasteiger partial charge in [-0.3, -0.25) is 0 Å². The highest BCUT2D eigenvalue weighted by molar-refractivity contribution is 7.90. The fourth-order valence-corrected chi connectivity index (χ4v) is 6.85. The number of hydrogen-bond acceptors (Lipinski definition) is 8. The number of carbonyl (C=O) groups is 1. The third-order valence-electron chi connectivity index (χ3n) is 8.03. The minimum absolute atomic E-state index is 0.0463. The molecular formula is C26H33FN4O6S. The number of sulfone groups is 1. The Morgan fingerprint density at radius 2 is 2.13 bits per heavy atom. The van der Waals surface area contributed by atoms with E-state index in [2.05, 4.69) is 11.6 Å². The first-order chi connectivity index (χ1) is 18.0. The van der Waals surface area contributed by atoms with E-state index in [-0.39, 0.29) is 46.1 Å². The molecule has 0 radical (unpaired) electrons. The molecule has 3 saturated heterocycles. The molecule has 4 unspecified atom stereocenters. The Bertz CT molecular complexity index is 1330. The van der Waals surface area contributed by atoms with Gasteiger partial charge in [-0.15, -0.1) is 0 Å². The van der Waals surface area contributed by atoms with E-state index in [1.807, 2.05) is 13.8 Å². The number of allylic oxidation sites excluding steroid dienone is 1. The number of aliphatic imine (C=N–C) groups is 1. The van der Waals surface area contributed by atoms with Crippen LogP contribution in [0.2, 0.25) is 0 Å². The number of nitrogens with zero attached hydrogens (tertiary/aromatic N) is 3. The van der Waals surface area contributed by atoms with Gasteiger partial charge in [0, 0.05) is 54.4 Å². The van der Waals surface area contributed by atoms with Crippen LogP contribution in [-0.4, -0.2) is 77.1 Å². The molecular weight excluding hydrogens is 515 g/mol. The lowest BCUT2D eigenvalue weighted by Gasteiger charge is -2.51. The Morgan fingerprint density at radius 1 is 1.37 bits per heavy atom. The van der Waals surface area contributed by atoms with Crippen LogP contribution < -0.4 is 10.6 Å². The van der Waals surface area contributed by atoms with Gasteiger partial charge in [0.1, 0.15) is 11.9 Å². The molecule has 0 bridgehead atoms. The van der Waals surface area contributed by atoms with Gasteiger partial charge in [-0.2, -0.15) is 0 Å². The lowest BCUT2D eigenvalue weighted by Crippen LogP contribution is -2.60. The predicted octanol–water partition coefficient (Wildman–Crippen LogP) is 2.66. The van der Waals surface area contributed by atoms with Crippen LogP contribution in [0.3, 0.4) is 0 Å². The van der Waals surface area contributed by atoms with Gasteiger partial charge >= 0.3 is 6.09 Å². The van der Waals surface area contributed by atoms with Crippen LogP contribution >= 0.6 is 0 Å². The second-order valence-corrected chi connectivity index (χ2v) is 12.7. The molecule has 12 heteroatoms. The van der Waals surface area contributed by atoms with Crippen LogP contribution in [0.4, 0.5) is 14.9 Å². The van der Waals surface area contributed by atoms with Crippen LogP contribution in [-0.2, 0) is 24.0 Å². The quantitative estimate of drug-likeness (QED) is 0.327. The number of likely N-dealkylation sites (tertiary alicyclic amines) is 1. The normalized spacial score (nSPS) is 30.0. The maximum atomic E-state index is 14.9. The second-order valence-electron chi connectivity index (χ2n) is 10.7. The highest BCUT2D eigenvalue weighted by Crippen LogP contribution is 2.61. The van der Waals surface area contributed by atoms with Crippen molar-refractivity contribution in [3.63, 3.8) is 0 Å². The molecule has 1 aromatic rings. The van der Waals surface area contributed by atoms with Crippen LogP contribution in [0.25, 0.3) is 0 Å². The summed E-state index contributed by atoms with van der Waals surface area (Å²) >= 11 is 0. The van der Waals surface area contributed by atoms with Gasteiger partial charge in [-0.1, -0.05) is 6.58 Å². The summed E-state index contributed by atoms with van der Waals surface area (Å²) in [6.07, 6.45) is 1.88. The number of carbonyl (C=O) groups excluding carboxylic acids is 1. The molecule has 1 aromatic carbocycles. The molecule has 0 aromatic heterocycles. The fourth-order valence-electron chi connectivity index (χ4n) is 6.22. The summed E-state index contributed by atoms with van der Waals surface area (Å²) in [6, 6.07) is 3.83. The lowest BCUT2D eigenvalue weighted by molar-refractivity contribution is -0.131. The predicted molar refractivity (Wildman–Crippen MR) is 139 cm³/mol. The molecule has 1 amide bonds.